The third-order valence-electron chi connectivity index (χ3n) is 3.02. The third kappa shape index (κ3) is 3.41. The number of carboxylic acids is 1. The maximum atomic E-state index is 12.3. The van der Waals surface area contributed by atoms with E-state index < -0.39 is 5.97 Å². The number of amides is 1. The second-order valence-corrected chi connectivity index (χ2v) is 5.42. The number of nitrogen functional groups attached to an aromatic ring is 1. The summed E-state index contributed by atoms with van der Waals surface area (Å²) in [5.74, 6) is -1.40. The fourth-order valence-electron chi connectivity index (χ4n) is 1.88. The van der Waals surface area contributed by atoms with E-state index in [0.717, 1.165) is 0 Å². The summed E-state index contributed by atoms with van der Waals surface area (Å²) in [5.41, 5.74) is 7.92. The fraction of sp³-hybridized carbons (Fsp3) is 0.0667. The first-order valence-corrected chi connectivity index (χ1v) is 6.88. The van der Waals surface area contributed by atoms with Crippen LogP contribution in [0.5, 0.6) is 0 Å². The highest BCUT2D eigenvalue weighted by Crippen LogP contribution is 2.22. The van der Waals surface area contributed by atoms with Crippen molar-refractivity contribution >= 4 is 39.2 Å². The molecule has 2 rings (SSSR count). The van der Waals surface area contributed by atoms with Crippen molar-refractivity contribution in [1.29, 1.82) is 0 Å². The highest BCUT2D eigenvalue weighted by Gasteiger charge is 2.12. The highest BCUT2D eigenvalue weighted by molar-refractivity contribution is 9.10. The van der Waals surface area contributed by atoms with Gasteiger partial charge in [0.15, 0.2) is 0 Å². The number of carboxylic acid groups (broad SMARTS) is 1. The Labute approximate surface area is 129 Å². The molecular weight excluding hydrogens is 336 g/mol. The molecule has 5 nitrogen and oxygen atoms in total. The Balaban J connectivity index is 2.31. The molecule has 6 heteroatoms. The molecule has 0 spiro atoms. The number of benzene rings is 2. The lowest BCUT2D eigenvalue weighted by Crippen LogP contribution is -2.14. The summed E-state index contributed by atoms with van der Waals surface area (Å²) < 4.78 is 0.571. The minimum Gasteiger partial charge on any atom is -0.478 e. The van der Waals surface area contributed by atoms with E-state index in [0.29, 0.717) is 27.0 Å². The van der Waals surface area contributed by atoms with Gasteiger partial charge in [0.1, 0.15) is 0 Å². The molecule has 2 aromatic rings. The molecule has 0 unspecified atom stereocenters. The molecule has 0 fully saturated rings. The van der Waals surface area contributed by atoms with Crippen LogP contribution in [0.3, 0.4) is 0 Å². The molecule has 21 heavy (non-hydrogen) atoms. The molecule has 2 aromatic carbocycles. The molecule has 0 aliphatic carbocycles. The van der Waals surface area contributed by atoms with E-state index in [4.69, 9.17) is 10.8 Å². The number of carbonyl (C=O) groups excluding carboxylic acids is 1. The molecule has 0 atom stereocenters. The van der Waals surface area contributed by atoms with Crippen LogP contribution in [-0.2, 0) is 0 Å². The molecule has 0 aliphatic heterocycles. The molecule has 0 heterocycles. The Kier molecular flexibility index (Phi) is 4.28. The van der Waals surface area contributed by atoms with Crippen LogP contribution in [0.4, 0.5) is 11.4 Å². The number of hydrogen-bond donors (Lipinski definition) is 3. The topological polar surface area (TPSA) is 92.4 Å². The van der Waals surface area contributed by atoms with Crippen LogP contribution in [0.25, 0.3) is 0 Å². The number of halogens is 1. The van der Waals surface area contributed by atoms with Gasteiger partial charge in [0.2, 0.25) is 0 Å². The van der Waals surface area contributed by atoms with E-state index in [9.17, 15) is 9.59 Å². The Morgan fingerprint density at radius 2 is 1.95 bits per heavy atom. The van der Waals surface area contributed by atoms with Crippen molar-refractivity contribution in [2.75, 3.05) is 11.1 Å². The van der Waals surface area contributed by atoms with Crippen LogP contribution in [0.2, 0.25) is 0 Å². The van der Waals surface area contributed by atoms with Gasteiger partial charge in [0, 0.05) is 21.4 Å². The predicted molar refractivity (Wildman–Crippen MR) is 84.6 cm³/mol. The lowest BCUT2D eigenvalue weighted by molar-refractivity contribution is 0.0696. The van der Waals surface area contributed by atoms with Crippen LogP contribution in [0.1, 0.15) is 26.3 Å². The first-order valence-electron chi connectivity index (χ1n) is 6.09. The van der Waals surface area contributed by atoms with E-state index in [1.54, 1.807) is 31.2 Å². The molecule has 108 valence electrons. The molecule has 0 aromatic heterocycles. The van der Waals surface area contributed by atoms with Crippen molar-refractivity contribution in [3.63, 3.8) is 0 Å². The van der Waals surface area contributed by atoms with Gasteiger partial charge in [0.05, 0.1) is 5.56 Å². The largest absolute Gasteiger partial charge is 0.478 e. The SMILES string of the molecule is Cc1c(N)cccc1C(=O)Nc1cc(Br)cc(C(=O)O)c1. The smallest absolute Gasteiger partial charge is 0.335 e. The first kappa shape index (κ1) is 15.1. The average molecular weight is 349 g/mol. The molecule has 0 saturated carbocycles. The first-order chi connectivity index (χ1) is 9.88. The van der Waals surface area contributed by atoms with Gasteiger partial charge in [-0.2, -0.15) is 0 Å². The molecule has 0 radical (unpaired) electrons. The van der Waals surface area contributed by atoms with Crippen LogP contribution in [0, 0.1) is 6.92 Å². The average Bonchev–Trinajstić information content (AvgIpc) is 2.41. The summed E-state index contributed by atoms with van der Waals surface area (Å²) in [5, 5.41) is 11.7. The quantitative estimate of drug-likeness (QED) is 0.742. The molecular formula is C15H13BrN2O3. The van der Waals surface area contributed by atoms with Gasteiger partial charge < -0.3 is 16.2 Å². The van der Waals surface area contributed by atoms with E-state index >= 15 is 0 Å². The van der Waals surface area contributed by atoms with Gasteiger partial charge in [-0.15, -0.1) is 0 Å². The Morgan fingerprint density at radius 1 is 1.24 bits per heavy atom. The summed E-state index contributed by atoms with van der Waals surface area (Å²) in [6, 6.07) is 9.56. The Morgan fingerprint density at radius 3 is 2.62 bits per heavy atom. The van der Waals surface area contributed by atoms with Gasteiger partial charge in [-0.25, -0.2) is 4.79 Å². The number of rotatable bonds is 3. The zero-order chi connectivity index (χ0) is 15.6. The molecule has 0 bridgehead atoms. The van der Waals surface area contributed by atoms with E-state index in [1.165, 1.54) is 12.1 Å². The molecule has 1 amide bonds. The summed E-state index contributed by atoms with van der Waals surface area (Å²) in [6.07, 6.45) is 0. The highest BCUT2D eigenvalue weighted by atomic mass is 79.9. The summed E-state index contributed by atoms with van der Waals surface area (Å²) >= 11 is 3.22. The molecule has 0 saturated heterocycles. The van der Waals surface area contributed by atoms with E-state index in [2.05, 4.69) is 21.2 Å². The summed E-state index contributed by atoms with van der Waals surface area (Å²) in [6.45, 7) is 1.76. The minimum absolute atomic E-state index is 0.0870. The number of carbonyl (C=O) groups is 2. The standard InChI is InChI=1S/C15H13BrN2O3/c1-8-12(3-2-4-13(8)17)14(19)18-11-6-9(15(20)21)5-10(16)7-11/h2-7H,17H2,1H3,(H,18,19)(H,20,21). The number of nitrogens with two attached hydrogens (primary N) is 1. The summed E-state index contributed by atoms with van der Waals surface area (Å²) in [4.78, 5) is 23.3. The second kappa shape index (κ2) is 5.97. The monoisotopic (exact) mass is 348 g/mol. The number of anilines is 2. The van der Waals surface area contributed by atoms with Crippen LogP contribution in [0.15, 0.2) is 40.9 Å². The number of nitrogens with one attached hydrogen (secondary N) is 1. The third-order valence-corrected chi connectivity index (χ3v) is 3.48. The fourth-order valence-corrected chi connectivity index (χ4v) is 2.38. The van der Waals surface area contributed by atoms with Gasteiger partial charge in [-0.05, 0) is 42.8 Å². The zero-order valence-corrected chi connectivity index (χ0v) is 12.8. The van der Waals surface area contributed by atoms with Crippen molar-refractivity contribution in [3.05, 3.63) is 57.6 Å². The van der Waals surface area contributed by atoms with Crippen molar-refractivity contribution in [2.45, 2.75) is 6.92 Å². The van der Waals surface area contributed by atoms with Crippen molar-refractivity contribution in [2.24, 2.45) is 0 Å². The minimum atomic E-state index is -1.06. The Bertz CT molecular complexity index is 729. The lowest BCUT2D eigenvalue weighted by Gasteiger charge is -2.10. The van der Waals surface area contributed by atoms with Crippen molar-refractivity contribution in [1.82, 2.24) is 0 Å². The van der Waals surface area contributed by atoms with Gasteiger partial charge >= 0.3 is 5.97 Å². The van der Waals surface area contributed by atoms with E-state index in [1.807, 2.05) is 0 Å². The maximum Gasteiger partial charge on any atom is 0.335 e. The zero-order valence-electron chi connectivity index (χ0n) is 11.2. The Hall–Kier alpha value is -2.34. The summed E-state index contributed by atoms with van der Waals surface area (Å²) in [7, 11) is 0. The van der Waals surface area contributed by atoms with Crippen LogP contribution >= 0.6 is 15.9 Å². The molecule has 0 aliphatic rings. The van der Waals surface area contributed by atoms with Crippen LogP contribution in [-0.4, -0.2) is 17.0 Å². The van der Waals surface area contributed by atoms with E-state index in [-0.39, 0.29) is 11.5 Å². The number of hydrogen-bond acceptors (Lipinski definition) is 3. The predicted octanol–water partition coefficient (Wildman–Crippen LogP) is 3.29. The lowest BCUT2D eigenvalue weighted by atomic mass is 10.1. The molecule has 4 N–H and O–H groups in total. The maximum absolute atomic E-state index is 12.3. The van der Waals surface area contributed by atoms with Crippen LogP contribution < -0.4 is 11.1 Å². The second-order valence-electron chi connectivity index (χ2n) is 4.51. The van der Waals surface area contributed by atoms with Gasteiger partial charge in [-0.3, -0.25) is 4.79 Å². The van der Waals surface area contributed by atoms with Gasteiger partial charge in [0.25, 0.3) is 5.91 Å². The van der Waals surface area contributed by atoms with Crippen molar-refractivity contribution in [3.8, 4) is 0 Å². The normalized spacial score (nSPS) is 10.2. The van der Waals surface area contributed by atoms with Gasteiger partial charge in [-0.1, -0.05) is 22.0 Å². The van der Waals surface area contributed by atoms with Crippen molar-refractivity contribution < 1.29 is 14.7 Å². The number of aromatic carboxylic acids is 1.